The SMILES string of the molecule is COC1(CNC(=O)c2cccn(Cc3cccc(C)c3)c2=O)CC(C(=O)O)C1. The molecule has 1 aromatic carbocycles. The smallest absolute Gasteiger partial charge is 0.306 e. The zero-order valence-electron chi connectivity index (χ0n) is 16.0. The van der Waals surface area contributed by atoms with E-state index in [1.165, 1.54) is 17.7 Å². The molecule has 2 aromatic rings. The Hall–Kier alpha value is -2.93. The minimum absolute atomic E-state index is 0.0514. The van der Waals surface area contributed by atoms with E-state index in [-0.39, 0.29) is 17.7 Å². The molecule has 28 heavy (non-hydrogen) atoms. The fourth-order valence-electron chi connectivity index (χ4n) is 3.57. The van der Waals surface area contributed by atoms with Crippen molar-refractivity contribution in [1.29, 1.82) is 0 Å². The van der Waals surface area contributed by atoms with Gasteiger partial charge in [0.1, 0.15) is 5.56 Å². The highest BCUT2D eigenvalue weighted by Crippen LogP contribution is 2.40. The standard InChI is InChI=1S/C21H24N2O5/c1-14-5-3-6-15(9-14)12-23-8-4-7-17(19(23)25)18(24)22-13-21(28-2)10-16(11-21)20(26)27/h3-9,16H,10-13H2,1-2H3,(H,22,24)(H,26,27). The molecule has 1 heterocycles. The number of carbonyl (C=O) groups is 2. The van der Waals surface area contributed by atoms with E-state index in [9.17, 15) is 14.4 Å². The summed E-state index contributed by atoms with van der Waals surface area (Å²) in [5, 5.41) is 11.8. The molecule has 0 aliphatic heterocycles. The van der Waals surface area contributed by atoms with Crippen LogP contribution in [0.15, 0.2) is 47.4 Å². The van der Waals surface area contributed by atoms with Crippen molar-refractivity contribution < 1.29 is 19.4 Å². The van der Waals surface area contributed by atoms with Crippen molar-refractivity contribution in [2.24, 2.45) is 5.92 Å². The number of carbonyl (C=O) groups excluding carboxylic acids is 1. The number of rotatable bonds is 7. The van der Waals surface area contributed by atoms with Crippen LogP contribution in [-0.2, 0) is 16.1 Å². The molecule has 1 saturated carbocycles. The van der Waals surface area contributed by atoms with Crippen LogP contribution in [0.1, 0.15) is 34.3 Å². The van der Waals surface area contributed by atoms with Gasteiger partial charge in [-0.2, -0.15) is 0 Å². The van der Waals surface area contributed by atoms with Gasteiger partial charge in [0.25, 0.3) is 11.5 Å². The Morgan fingerprint density at radius 3 is 2.68 bits per heavy atom. The molecule has 2 N–H and O–H groups in total. The number of hydrogen-bond acceptors (Lipinski definition) is 4. The number of carboxylic acids is 1. The molecule has 1 amide bonds. The topological polar surface area (TPSA) is 97.6 Å². The summed E-state index contributed by atoms with van der Waals surface area (Å²) >= 11 is 0. The van der Waals surface area contributed by atoms with Crippen molar-refractivity contribution >= 4 is 11.9 Å². The molecule has 0 atom stereocenters. The molecule has 1 fully saturated rings. The number of ether oxygens (including phenoxy) is 1. The lowest BCUT2D eigenvalue weighted by Crippen LogP contribution is -2.55. The van der Waals surface area contributed by atoms with Crippen molar-refractivity contribution in [3.05, 3.63) is 69.6 Å². The van der Waals surface area contributed by atoms with Gasteiger partial charge >= 0.3 is 5.97 Å². The highest BCUT2D eigenvalue weighted by molar-refractivity contribution is 5.93. The van der Waals surface area contributed by atoms with E-state index in [1.807, 2.05) is 31.2 Å². The van der Waals surface area contributed by atoms with E-state index >= 15 is 0 Å². The molecule has 1 aliphatic rings. The summed E-state index contributed by atoms with van der Waals surface area (Å²) in [5.74, 6) is -1.81. The zero-order chi connectivity index (χ0) is 20.3. The van der Waals surface area contributed by atoms with E-state index in [1.54, 1.807) is 12.3 Å². The summed E-state index contributed by atoms with van der Waals surface area (Å²) in [6.45, 7) is 2.53. The molecule has 7 heteroatoms. The summed E-state index contributed by atoms with van der Waals surface area (Å²) in [6.07, 6.45) is 2.33. The van der Waals surface area contributed by atoms with Gasteiger partial charge in [0.05, 0.1) is 18.1 Å². The molecule has 148 valence electrons. The second-order valence-electron chi connectivity index (χ2n) is 7.36. The lowest BCUT2D eigenvalue weighted by Gasteiger charge is -2.44. The first kappa shape index (κ1) is 19.8. The van der Waals surface area contributed by atoms with Crippen molar-refractivity contribution in [2.45, 2.75) is 31.9 Å². The average molecular weight is 384 g/mol. The summed E-state index contributed by atoms with van der Waals surface area (Å²) in [6, 6.07) is 11.0. The Kier molecular flexibility index (Phi) is 5.65. The van der Waals surface area contributed by atoms with Crippen LogP contribution in [0.4, 0.5) is 0 Å². The molecular weight excluding hydrogens is 360 g/mol. The Labute approximate surface area is 163 Å². The Balaban J connectivity index is 1.69. The second-order valence-corrected chi connectivity index (χ2v) is 7.36. The van der Waals surface area contributed by atoms with Crippen LogP contribution in [0.2, 0.25) is 0 Å². The van der Waals surface area contributed by atoms with Gasteiger partial charge in [0.15, 0.2) is 0 Å². The normalized spacial score (nSPS) is 21.0. The lowest BCUT2D eigenvalue weighted by molar-refractivity contribution is -0.161. The van der Waals surface area contributed by atoms with Gasteiger partial charge < -0.3 is 19.7 Å². The minimum atomic E-state index is -0.860. The van der Waals surface area contributed by atoms with E-state index in [0.717, 1.165) is 11.1 Å². The largest absolute Gasteiger partial charge is 0.481 e. The third-order valence-corrected chi connectivity index (χ3v) is 5.29. The Morgan fingerprint density at radius 2 is 2.04 bits per heavy atom. The van der Waals surface area contributed by atoms with Crippen molar-refractivity contribution in [2.75, 3.05) is 13.7 Å². The fourth-order valence-corrected chi connectivity index (χ4v) is 3.57. The van der Waals surface area contributed by atoms with Crippen molar-refractivity contribution in [3.63, 3.8) is 0 Å². The molecule has 1 aromatic heterocycles. The van der Waals surface area contributed by atoms with E-state index < -0.39 is 23.4 Å². The number of nitrogens with zero attached hydrogens (tertiary/aromatic N) is 1. The lowest BCUT2D eigenvalue weighted by atomic mass is 9.70. The third kappa shape index (κ3) is 4.14. The summed E-state index contributed by atoms with van der Waals surface area (Å²) in [7, 11) is 1.50. The quantitative estimate of drug-likeness (QED) is 0.759. The Bertz CT molecular complexity index is 944. The maximum atomic E-state index is 12.7. The van der Waals surface area contributed by atoms with Crippen LogP contribution in [-0.4, -0.2) is 40.8 Å². The first-order valence-electron chi connectivity index (χ1n) is 9.15. The number of hydrogen-bond donors (Lipinski definition) is 2. The number of methoxy groups -OCH3 is 1. The van der Waals surface area contributed by atoms with Gasteiger partial charge in [-0.3, -0.25) is 14.4 Å². The van der Waals surface area contributed by atoms with E-state index in [4.69, 9.17) is 9.84 Å². The highest BCUT2D eigenvalue weighted by Gasteiger charge is 2.48. The Morgan fingerprint density at radius 1 is 1.29 bits per heavy atom. The highest BCUT2D eigenvalue weighted by atomic mass is 16.5. The third-order valence-electron chi connectivity index (χ3n) is 5.29. The predicted molar refractivity (Wildman–Crippen MR) is 103 cm³/mol. The molecule has 3 rings (SSSR count). The zero-order valence-corrected chi connectivity index (χ0v) is 16.0. The molecule has 0 bridgehead atoms. The van der Waals surface area contributed by atoms with Crippen LogP contribution in [0.3, 0.4) is 0 Å². The molecule has 1 aliphatic carbocycles. The van der Waals surface area contributed by atoms with Crippen LogP contribution in [0.25, 0.3) is 0 Å². The van der Waals surface area contributed by atoms with Gasteiger partial charge in [0, 0.05) is 19.9 Å². The monoisotopic (exact) mass is 384 g/mol. The van der Waals surface area contributed by atoms with E-state index in [0.29, 0.717) is 19.4 Å². The molecule has 0 unspecified atom stereocenters. The van der Waals surface area contributed by atoms with Gasteiger partial charge in [-0.15, -0.1) is 0 Å². The molecule has 7 nitrogen and oxygen atoms in total. The number of amides is 1. The molecule has 0 radical (unpaired) electrons. The number of carboxylic acid groups (broad SMARTS) is 1. The van der Waals surface area contributed by atoms with Crippen LogP contribution >= 0.6 is 0 Å². The molecular formula is C21H24N2O5. The maximum Gasteiger partial charge on any atom is 0.306 e. The van der Waals surface area contributed by atoms with Crippen LogP contribution in [0, 0.1) is 12.8 Å². The van der Waals surface area contributed by atoms with Gasteiger partial charge in [0.2, 0.25) is 0 Å². The number of aryl methyl sites for hydroxylation is 1. The number of benzene rings is 1. The van der Waals surface area contributed by atoms with Crippen molar-refractivity contribution in [3.8, 4) is 0 Å². The number of aromatic nitrogens is 1. The van der Waals surface area contributed by atoms with Crippen LogP contribution < -0.4 is 10.9 Å². The van der Waals surface area contributed by atoms with Gasteiger partial charge in [-0.25, -0.2) is 0 Å². The van der Waals surface area contributed by atoms with Gasteiger partial charge in [-0.1, -0.05) is 29.8 Å². The average Bonchev–Trinajstić information content (AvgIpc) is 2.62. The summed E-state index contributed by atoms with van der Waals surface area (Å²) in [4.78, 5) is 36.3. The number of aliphatic carboxylic acids is 1. The van der Waals surface area contributed by atoms with Crippen molar-refractivity contribution in [1.82, 2.24) is 9.88 Å². The summed E-state index contributed by atoms with van der Waals surface area (Å²) in [5.41, 5.74) is 1.07. The molecule has 0 spiro atoms. The second kappa shape index (κ2) is 7.98. The number of nitrogens with one attached hydrogen (secondary N) is 1. The van der Waals surface area contributed by atoms with Gasteiger partial charge in [-0.05, 0) is 37.5 Å². The summed E-state index contributed by atoms with van der Waals surface area (Å²) < 4.78 is 6.92. The van der Waals surface area contributed by atoms with E-state index in [2.05, 4.69) is 5.32 Å². The maximum absolute atomic E-state index is 12.7. The first-order chi connectivity index (χ1) is 13.3. The molecule has 0 saturated heterocycles. The minimum Gasteiger partial charge on any atom is -0.481 e. The predicted octanol–water partition coefficient (Wildman–Crippen LogP) is 1.81. The first-order valence-corrected chi connectivity index (χ1v) is 9.15. The number of pyridine rings is 1. The fraction of sp³-hybridized carbons (Fsp3) is 0.381. The van der Waals surface area contributed by atoms with Crippen LogP contribution in [0.5, 0.6) is 0 Å².